The van der Waals surface area contributed by atoms with Gasteiger partial charge < -0.3 is 15.3 Å². The quantitative estimate of drug-likeness (QED) is 0.643. The molecule has 0 heterocycles. The Kier molecular flexibility index (Phi) is 3.88. The van der Waals surface area contributed by atoms with E-state index in [2.05, 4.69) is 6.92 Å². The SMILES string of the molecule is CC(C)[C@@]1(O)CC[C@@]2(C)C[C@@H]3[C@@](C)(C(=O)C[C@@H]21)[C@@H](O)C=C[C@@]3(C)O. The molecule has 0 radical (unpaired) electrons. The lowest BCUT2D eigenvalue weighted by Gasteiger charge is -2.49. The summed E-state index contributed by atoms with van der Waals surface area (Å²) in [5, 5.41) is 32.8. The highest BCUT2D eigenvalue weighted by atomic mass is 16.3. The van der Waals surface area contributed by atoms with Gasteiger partial charge in [-0.15, -0.1) is 0 Å². The van der Waals surface area contributed by atoms with Crippen LogP contribution in [0.4, 0.5) is 0 Å². The van der Waals surface area contributed by atoms with Crippen molar-refractivity contribution in [2.75, 3.05) is 0 Å². The summed E-state index contributed by atoms with van der Waals surface area (Å²) in [4.78, 5) is 13.2. The summed E-state index contributed by atoms with van der Waals surface area (Å²) in [7, 11) is 0. The molecule has 7 atom stereocenters. The highest BCUT2D eigenvalue weighted by molar-refractivity contribution is 5.87. The largest absolute Gasteiger partial charge is 0.389 e. The Balaban J connectivity index is 2.11. The van der Waals surface area contributed by atoms with Gasteiger partial charge in [0, 0.05) is 18.3 Å². The predicted octanol–water partition coefficient (Wildman–Crippen LogP) is 2.46. The molecule has 136 valence electrons. The van der Waals surface area contributed by atoms with E-state index in [1.165, 1.54) is 0 Å². The summed E-state index contributed by atoms with van der Waals surface area (Å²) < 4.78 is 0. The molecule has 0 spiro atoms. The molecule has 0 aromatic heterocycles. The molecule has 0 aliphatic heterocycles. The number of carbonyl (C=O) groups is 1. The van der Waals surface area contributed by atoms with Gasteiger partial charge in [0.2, 0.25) is 0 Å². The Hall–Kier alpha value is -0.710. The zero-order valence-electron chi connectivity index (χ0n) is 15.5. The molecule has 3 rings (SSSR count). The fraction of sp³-hybridized carbons (Fsp3) is 0.850. The minimum absolute atomic E-state index is 0.0284. The van der Waals surface area contributed by atoms with Crippen LogP contribution in [0, 0.1) is 28.6 Å². The average Bonchev–Trinajstić information content (AvgIpc) is 2.69. The van der Waals surface area contributed by atoms with E-state index in [1.54, 1.807) is 26.0 Å². The van der Waals surface area contributed by atoms with Gasteiger partial charge in [-0.1, -0.05) is 32.9 Å². The van der Waals surface area contributed by atoms with Crippen molar-refractivity contribution < 1.29 is 20.1 Å². The fourth-order valence-electron chi connectivity index (χ4n) is 5.86. The third-order valence-corrected chi connectivity index (χ3v) is 7.86. The first-order valence-corrected chi connectivity index (χ1v) is 9.23. The Bertz CT molecular complexity index is 580. The van der Waals surface area contributed by atoms with Crippen LogP contribution in [-0.4, -0.2) is 38.4 Å². The molecule has 2 fully saturated rings. The summed E-state index contributed by atoms with van der Waals surface area (Å²) in [5.74, 6) is -0.419. The van der Waals surface area contributed by atoms with Crippen molar-refractivity contribution >= 4 is 5.78 Å². The van der Waals surface area contributed by atoms with Crippen LogP contribution in [0.1, 0.15) is 60.3 Å². The molecule has 3 N–H and O–H groups in total. The maximum atomic E-state index is 13.2. The molecular weight excluding hydrogens is 304 g/mol. The molecule has 3 aliphatic carbocycles. The van der Waals surface area contributed by atoms with Gasteiger partial charge >= 0.3 is 0 Å². The highest BCUT2D eigenvalue weighted by Crippen LogP contribution is 2.63. The molecule has 0 saturated heterocycles. The van der Waals surface area contributed by atoms with Gasteiger partial charge in [0.05, 0.1) is 22.7 Å². The van der Waals surface area contributed by atoms with Crippen LogP contribution >= 0.6 is 0 Å². The van der Waals surface area contributed by atoms with Gasteiger partial charge in [-0.3, -0.25) is 4.79 Å². The monoisotopic (exact) mass is 336 g/mol. The molecule has 0 aromatic carbocycles. The number of hydrogen-bond acceptors (Lipinski definition) is 4. The number of ketones is 1. The number of fused-ring (bicyclic) bond motifs is 2. The van der Waals surface area contributed by atoms with Crippen LogP contribution in [0.2, 0.25) is 0 Å². The van der Waals surface area contributed by atoms with E-state index in [4.69, 9.17) is 0 Å². The maximum absolute atomic E-state index is 13.2. The zero-order valence-corrected chi connectivity index (χ0v) is 15.5. The Morgan fingerprint density at radius 3 is 2.33 bits per heavy atom. The Labute approximate surface area is 145 Å². The van der Waals surface area contributed by atoms with Crippen molar-refractivity contribution in [2.45, 2.75) is 77.6 Å². The van der Waals surface area contributed by atoms with Gasteiger partial charge in [0.1, 0.15) is 5.78 Å². The lowest BCUT2D eigenvalue weighted by Crippen LogP contribution is -2.55. The smallest absolute Gasteiger partial charge is 0.142 e. The molecule has 2 saturated carbocycles. The van der Waals surface area contributed by atoms with Crippen LogP contribution < -0.4 is 0 Å². The summed E-state index contributed by atoms with van der Waals surface area (Å²) in [6, 6.07) is 0. The minimum Gasteiger partial charge on any atom is -0.389 e. The lowest BCUT2D eigenvalue weighted by molar-refractivity contribution is -0.148. The molecule has 3 aliphatic rings. The molecule has 24 heavy (non-hydrogen) atoms. The van der Waals surface area contributed by atoms with Crippen molar-refractivity contribution in [1.82, 2.24) is 0 Å². The minimum atomic E-state index is -1.12. The third-order valence-electron chi connectivity index (χ3n) is 7.86. The second-order valence-electron chi connectivity index (χ2n) is 9.55. The number of Topliss-reactive ketones (excluding diaryl/α,β-unsaturated/α-hetero) is 1. The first kappa shape index (κ1) is 18.1. The van der Waals surface area contributed by atoms with Crippen LogP contribution in [-0.2, 0) is 4.79 Å². The van der Waals surface area contributed by atoms with E-state index in [0.29, 0.717) is 12.8 Å². The van der Waals surface area contributed by atoms with Crippen LogP contribution in [0.5, 0.6) is 0 Å². The summed E-state index contributed by atoms with van der Waals surface area (Å²) in [6.07, 6.45) is 4.79. The summed E-state index contributed by atoms with van der Waals surface area (Å²) in [5.41, 5.74) is -3.17. The predicted molar refractivity (Wildman–Crippen MR) is 92.2 cm³/mol. The number of rotatable bonds is 1. The number of aliphatic hydroxyl groups excluding tert-OH is 1. The van der Waals surface area contributed by atoms with E-state index in [0.717, 1.165) is 6.42 Å². The number of hydrogen-bond donors (Lipinski definition) is 3. The van der Waals surface area contributed by atoms with Crippen LogP contribution in [0.25, 0.3) is 0 Å². The second-order valence-corrected chi connectivity index (χ2v) is 9.55. The van der Waals surface area contributed by atoms with E-state index in [-0.39, 0.29) is 35.4 Å². The third kappa shape index (κ3) is 2.19. The van der Waals surface area contributed by atoms with Crippen molar-refractivity contribution in [3.8, 4) is 0 Å². The van der Waals surface area contributed by atoms with E-state index < -0.39 is 22.7 Å². The molecule has 0 unspecified atom stereocenters. The van der Waals surface area contributed by atoms with Crippen LogP contribution in [0.15, 0.2) is 12.2 Å². The highest BCUT2D eigenvalue weighted by Gasteiger charge is 2.64. The van der Waals surface area contributed by atoms with Crippen molar-refractivity contribution in [3.05, 3.63) is 12.2 Å². The molecule has 0 bridgehead atoms. The molecule has 0 aromatic rings. The normalized spacial score (nSPS) is 54.5. The second kappa shape index (κ2) is 5.15. The van der Waals surface area contributed by atoms with Gasteiger partial charge in [-0.2, -0.15) is 0 Å². The molecule has 4 nitrogen and oxygen atoms in total. The van der Waals surface area contributed by atoms with Crippen molar-refractivity contribution in [1.29, 1.82) is 0 Å². The average molecular weight is 336 g/mol. The first-order valence-electron chi connectivity index (χ1n) is 9.23. The summed E-state index contributed by atoms with van der Waals surface area (Å²) >= 11 is 0. The van der Waals surface area contributed by atoms with E-state index in [9.17, 15) is 20.1 Å². The van der Waals surface area contributed by atoms with Gasteiger partial charge in [-0.25, -0.2) is 0 Å². The Morgan fingerprint density at radius 2 is 1.75 bits per heavy atom. The zero-order chi connectivity index (χ0) is 18.1. The standard InChI is InChI=1S/C20H32O4/c1-12(2)20(24)9-8-17(3)11-14-18(4,23)7-6-15(21)19(14,5)16(22)10-13(17)20/h6-7,12-15,21,23-24H,8-11H2,1-5H3/t13-,14-,15-,17-,18+,19+,20-/m0/s1. The topological polar surface area (TPSA) is 77.8 Å². The Morgan fingerprint density at radius 1 is 1.12 bits per heavy atom. The molecule has 0 amide bonds. The van der Waals surface area contributed by atoms with Gasteiger partial charge in [0.25, 0.3) is 0 Å². The van der Waals surface area contributed by atoms with Gasteiger partial charge in [-0.05, 0) is 44.4 Å². The molecule has 4 heteroatoms. The van der Waals surface area contributed by atoms with E-state index >= 15 is 0 Å². The lowest BCUT2D eigenvalue weighted by atomic mass is 9.58. The fourth-order valence-corrected chi connectivity index (χ4v) is 5.86. The van der Waals surface area contributed by atoms with Crippen LogP contribution in [0.3, 0.4) is 0 Å². The molecular formula is C20H32O4. The van der Waals surface area contributed by atoms with Crippen molar-refractivity contribution in [2.24, 2.45) is 28.6 Å². The van der Waals surface area contributed by atoms with E-state index in [1.807, 2.05) is 13.8 Å². The first-order chi connectivity index (χ1) is 10.9. The summed E-state index contributed by atoms with van der Waals surface area (Å²) in [6.45, 7) is 9.71. The van der Waals surface area contributed by atoms with Crippen molar-refractivity contribution in [3.63, 3.8) is 0 Å². The number of aliphatic hydroxyl groups is 3. The number of carbonyl (C=O) groups excluding carboxylic acids is 1. The maximum Gasteiger partial charge on any atom is 0.142 e. The van der Waals surface area contributed by atoms with Gasteiger partial charge in [0.15, 0.2) is 0 Å².